The van der Waals surface area contributed by atoms with Crippen molar-refractivity contribution in [3.8, 4) is 5.75 Å². The third-order valence-corrected chi connectivity index (χ3v) is 2.50. The Morgan fingerprint density at radius 1 is 1.38 bits per heavy atom. The summed E-state index contributed by atoms with van der Waals surface area (Å²) < 4.78 is 9.70. The molecule has 0 saturated heterocycles. The average Bonchev–Trinajstić information content (AvgIpc) is 2.42. The first-order valence-electron chi connectivity index (χ1n) is 6.04. The van der Waals surface area contributed by atoms with Crippen molar-refractivity contribution in [3.05, 3.63) is 29.3 Å². The number of hydrogen-bond acceptors (Lipinski definition) is 5. The van der Waals surface area contributed by atoms with Gasteiger partial charge in [0.2, 0.25) is 0 Å². The number of phenolic OH excluding ortho intramolecular Hbond substituents is 1. The number of rotatable bonds is 7. The quantitative estimate of drug-likeness (QED) is 0.418. The van der Waals surface area contributed by atoms with Gasteiger partial charge >= 0.3 is 5.43 Å². The number of ether oxygens (including phenoxy) is 2. The third kappa shape index (κ3) is 8.01. The number of phenols is 1. The van der Waals surface area contributed by atoms with E-state index < -0.39 is 11.3 Å². The molecule has 1 rings (SSSR count). The minimum Gasteiger partial charge on any atom is -0.507 e. The molecular weight excluding hydrogens is 513 g/mol. The zero-order valence-electron chi connectivity index (χ0n) is 11.6. The van der Waals surface area contributed by atoms with Crippen LogP contribution in [0.5, 0.6) is 5.75 Å². The van der Waals surface area contributed by atoms with E-state index in [0.29, 0.717) is 25.3 Å². The number of halogens is 1. The van der Waals surface area contributed by atoms with E-state index in [1.807, 2.05) is 6.92 Å². The molecule has 113 valence electrons. The summed E-state index contributed by atoms with van der Waals surface area (Å²) in [5, 5.41) is 12.3. The van der Waals surface area contributed by atoms with Crippen molar-refractivity contribution >= 4 is 22.9 Å². The first-order valence-corrected chi connectivity index (χ1v) is 6.42. The molecule has 1 radical (unpaired) electrons. The summed E-state index contributed by atoms with van der Waals surface area (Å²) in [6.07, 6.45) is 0. The molecule has 0 saturated carbocycles. The van der Waals surface area contributed by atoms with Crippen molar-refractivity contribution in [2.24, 2.45) is 0 Å². The van der Waals surface area contributed by atoms with Crippen molar-refractivity contribution in [1.82, 2.24) is 5.32 Å². The maximum absolute atomic E-state index is 11.9. The van der Waals surface area contributed by atoms with Gasteiger partial charge in [0.05, 0.1) is 12.2 Å². The minimum absolute atomic E-state index is 0. The predicted molar refractivity (Wildman–Crippen MR) is 73.0 cm³/mol. The number of amides is 1. The van der Waals surface area contributed by atoms with Crippen LogP contribution in [0.1, 0.15) is 22.8 Å². The van der Waals surface area contributed by atoms with Crippen molar-refractivity contribution in [3.63, 3.8) is 0 Å². The van der Waals surface area contributed by atoms with Crippen molar-refractivity contribution in [2.45, 2.75) is 13.5 Å². The molecule has 0 aromatic heterocycles. The zero-order chi connectivity index (χ0) is 15.0. The Morgan fingerprint density at radius 2 is 2.10 bits per heavy atom. The standard InChI is InChI=1S/C13H16ClNO5.Ac/c1-2-19-6-5-15-12(17)10-7-9(3-4-11(10)16)8-20-13(14)18;/h3-4,7,16H,2,5-6,8H2,1H3,(H,15,17);. The Bertz CT molecular complexity index is 484. The van der Waals surface area contributed by atoms with Gasteiger partial charge in [-0.2, -0.15) is 0 Å². The number of carbonyl (C=O) groups excluding carboxylic acids is 2. The normalized spacial score (nSPS) is 9.62. The average molecular weight is 529 g/mol. The van der Waals surface area contributed by atoms with E-state index >= 15 is 0 Å². The molecule has 2 N–H and O–H groups in total. The molecule has 1 aromatic rings. The fraction of sp³-hybridized carbons (Fsp3) is 0.385. The molecular formula is C13H16AcClNO5. The number of hydrogen-bond donors (Lipinski definition) is 2. The van der Waals surface area contributed by atoms with E-state index in [2.05, 4.69) is 10.1 Å². The van der Waals surface area contributed by atoms with E-state index in [-0.39, 0.29) is 62.0 Å². The largest absolute Gasteiger partial charge is 0.507 e. The van der Waals surface area contributed by atoms with Gasteiger partial charge < -0.3 is 19.9 Å². The van der Waals surface area contributed by atoms with Crippen LogP contribution in [-0.2, 0) is 16.1 Å². The summed E-state index contributed by atoms with van der Waals surface area (Å²) >= 11 is 5.06. The molecule has 0 aliphatic carbocycles. The summed E-state index contributed by atoms with van der Waals surface area (Å²) in [4.78, 5) is 22.4. The summed E-state index contributed by atoms with van der Waals surface area (Å²) in [6, 6.07) is 4.33. The fourth-order valence-corrected chi connectivity index (χ4v) is 1.53. The molecule has 0 bridgehead atoms. The van der Waals surface area contributed by atoms with Crippen LogP contribution < -0.4 is 5.32 Å². The molecule has 21 heavy (non-hydrogen) atoms. The topological polar surface area (TPSA) is 84.9 Å². The maximum atomic E-state index is 11.9. The van der Waals surface area contributed by atoms with Crippen molar-refractivity contribution < 1.29 is 68.2 Å². The number of aromatic hydroxyl groups is 1. The molecule has 0 heterocycles. The van der Waals surface area contributed by atoms with Gasteiger partial charge in [-0.3, -0.25) is 4.79 Å². The van der Waals surface area contributed by atoms with Crippen LogP contribution >= 0.6 is 11.6 Å². The van der Waals surface area contributed by atoms with Gasteiger partial charge in [0.25, 0.3) is 5.91 Å². The van der Waals surface area contributed by atoms with Crippen LogP contribution in [0.2, 0.25) is 0 Å². The molecule has 1 aromatic carbocycles. The molecule has 8 heteroatoms. The number of nitrogens with one attached hydrogen (secondary N) is 1. The Balaban J connectivity index is 0.00000400. The van der Waals surface area contributed by atoms with Crippen molar-refractivity contribution in [1.29, 1.82) is 0 Å². The molecule has 0 spiro atoms. The Kier molecular flexibility index (Phi) is 11.1. The monoisotopic (exact) mass is 528 g/mol. The summed E-state index contributed by atoms with van der Waals surface area (Å²) in [5.41, 5.74) is -0.280. The molecule has 1 amide bonds. The van der Waals surface area contributed by atoms with Crippen LogP contribution in [0, 0.1) is 44.1 Å². The summed E-state index contributed by atoms with van der Waals surface area (Å²) in [7, 11) is 0. The molecule has 0 unspecified atom stereocenters. The molecule has 0 aliphatic rings. The SMILES string of the molecule is CCOCCNC(=O)c1cc(COC(=O)Cl)ccc1O.[Ac]. The second kappa shape index (κ2) is 11.2. The van der Waals surface area contributed by atoms with E-state index in [1.54, 1.807) is 0 Å². The fourth-order valence-electron chi connectivity index (χ4n) is 1.47. The van der Waals surface area contributed by atoms with Gasteiger partial charge in [0.1, 0.15) is 12.4 Å². The van der Waals surface area contributed by atoms with Crippen LogP contribution in [-0.4, -0.2) is 36.2 Å². The summed E-state index contributed by atoms with van der Waals surface area (Å²) in [5.74, 6) is -0.582. The van der Waals surface area contributed by atoms with Crippen LogP contribution in [0.4, 0.5) is 4.79 Å². The van der Waals surface area contributed by atoms with Crippen molar-refractivity contribution in [2.75, 3.05) is 19.8 Å². The number of benzene rings is 1. The smallest absolute Gasteiger partial charge is 0.404 e. The molecule has 0 atom stereocenters. The second-order valence-corrected chi connectivity index (χ2v) is 4.14. The van der Waals surface area contributed by atoms with Crippen LogP contribution in [0.3, 0.4) is 0 Å². The first kappa shape index (κ1) is 20.7. The van der Waals surface area contributed by atoms with E-state index in [0.717, 1.165) is 0 Å². The van der Waals surface area contributed by atoms with Gasteiger partial charge in [0.15, 0.2) is 0 Å². The number of carbonyl (C=O) groups is 2. The Labute approximate surface area is 163 Å². The van der Waals surface area contributed by atoms with Gasteiger partial charge in [0, 0.05) is 68.8 Å². The third-order valence-electron chi connectivity index (χ3n) is 2.39. The Morgan fingerprint density at radius 3 is 2.71 bits per heavy atom. The zero-order valence-corrected chi connectivity index (χ0v) is 17.1. The second-order valence-electron chi connectivity index (χ2n) is 3.83. The predicted octanol–water partition coefficient (Wildman–Crippen LogP) is 2.03. The first-order chi connectivity index (χ1) is 9.54. The minimum atomic E-state index is -0.930. The Hall–Kier alpha value is -0.348. The van der Waals surface area contributed by atoms with Gasteiger partial charge in [-0.25, -0.2) is 4.79 Å². The van der Waals surface area contributed by atoms with Gasteiger partial charge in [-0.15, -0.1) is 0 Å². The van der Waals surface area contributed by atoms with Crippen LogP contribution in [0.25, 0.3) is 0 Å². The van der Waals surface area contributed by atoms with E-state index in [1.165, 1.54) is 18.2 Å². The van der Waals surface area contributed by atoms with E-state index in [4.69, 9.17) is 16.3 Å². The molecule has 6 nitrogen and oxygen atoms in total. The molecule has 0 aliphatic heterocycles. The van der Waals surface area contributed by atoms with Gasteiger partial charge in [-0.05, 0) is 24.6 Å². The maximum Gasteiger partial charge on any atom is 0.404 e. The van der Waals surface area contributed by atoms with Crippen LogP contribution in [0.15, 0.2) is 18.2 Å². The molecule has 0 fully saturated rings. The van der Waals surface area contributed by atoms with E-state index in [9.17, 15) is 14.7 Å². The van der Waals surface area contributed by atoms with Gasteiger partial charge in [-0.1, -0.05) is 6.07 Å². The summed E-state index contributed by atoms with van der Waals surface area (Å²) in [6.45, 7) is 3.09.